The SMILES string of the molecule is Cc1ccc(N2C(=O)CC[C@H](C(=O)OC[C@@H]3CCCCO3)[C@@H]2c2cccs2)cc1. The molecule has 0 N–H and O–H groups in total. The lowest BCUT2D eigenvalue weighted by molar-refractivity contribution is -0.156. The fourth-order valence-electron chi connectivity index (χ4n) is 4.16. The average molecular weight is 414 g/mol. The lowest BCUT2D eigenvalue weighted by Crippen LogP contribution is -2.46. The Morgan fingerprint density at radius 2 is 2.03 bits per heavy atom. The first-order chi connectivity index (χ1) is 14.1. The van der Waals surface area contributed by atoms with Crippen LogP contribution in [-0.4, -0.2) is 31.2 Å². The molecule has 0 radical (unpaired) electrons. The number of thiophene rings is 1. The van der Waals surface area contributed by atoms with E-state index < -0.39 is 0 Å². The van der Waals surface area contributed by atoms with Crippen LogP contribution in [0.2, 0.25) is 0 Å². The molecule has 2 saturated heterocycles. The highest BCUT2D eigenvalue weighted by Gasteiger charge is 2.43. The van der Waals surface area contributed by atoms with E-state index in [2.05, 4.69) is 0 Å². The predicted molar refractivity (Wildman–Crippen MR) is 113 cm³/mol. The molecule has 0 bridgehead atoms. The van der Waals surface area contributed by atoms with Crippen LogP contribution in [0.4, 0.5) is 5.69 Å². The fourth-order valence-corrected chi connectivity index (χ4v) is 5.04. The molecule has 2 aliphatic rings. The van der Waals surface area contributed by atoms with Gasteiger partial charge in [0.2, 0.25) is 5.91 Å². The van der Waals surface area contributed by atoms with Crippen molar-refractivity contribution in [2.75, 3.05) is 18.1 Å². The van der Waals surface area contributed by atoms with E-state index in [0.29, 0.717) is 19.4 Å². The van der Waals surface area contributed by atoms with Gasteiger partial charge in [-0.15, -0.1) is 11.3 Å². The number of hydrogen-bond acceptors (Lipinski definition) is 5. The maximum absolute atomic E-state index is 13.1. The van der Waals surface area contributed by atoms with Crippen LogP contribution in [0.3, 0.4) is 0 Å². The van der Waals surface area contributed by atoms with Crippen molar-refractivity contribution in [1.29, 1.82) is 0 Å². The molecule has 1 aromatic heterocycles. The highest BCUT2D eigenvalue weighted by Crippen LogP contribution is 2.42. The van der Waals surface area contributed by atoms with Gasteiger partial charge in [0.25, 0.3) is 0 Å². The standard InChI is InChI=1S/C23H27NO4S/c1-16-7-9-17(10-8-16)24-21(25)12-11-19(22(24)20-6-4-14-29-20)23(26)28-15-18-5-2-3-13-27-18/h4,6-10,14,18-19,22H,2-3,5,11-13,15H2,1H3/t18-,19-,22+/m0/s1. The van der Waals surface area contributed by atoms with Crippen LogP contribution < -0.4 is 4.90 Å². The molecule has 0 aliphatic carbocycles. The first-order valence-electron chi connectivity index (χ1n) is 10.3. The summed E-state index contributed by atoms with van der Waals surface area (Å²) in [5, 5.41) is 1.99. The number of piperidine rings is 1. The van der Waals surface area contributed by atoms with Gasteiger partial charge in [0, 0.05) is 23.6 Å². The molecule has 1 amide bonds. The van der Waals surface area contributed by atoms with Crippen LogP contribution in [0, 0.1) is 12.8 Å². The topological polar surface area (TPSA) is 55.8 Å². The lowest BCUT2D eigenvalue weighted by atomic mass is 9.87. The maximum Gasteiger partial charge on any atom is 0.311 e. The Kier molecular flexibility index (Phi) is 6.31. The van der Waals surface area contributed by atoms with E-state index in [1.54, 1.807) is 16.2 Å². The summed E-state index contributed by atoms with van der Waals surface area (Å²) in [5.41, 5.74) is 1.96. The summed E-state index contributed by atoms with van der Waals surface area (Å²) in [4.78, 5) is 28.8. The van der Waals surface area contributed by atoms with Crippen molar-refractivity contribution in [3.63, 3.8) is 0 Å². The molecular weight excluding hydrogens is 386 g/mol. The normalized spacial score (nSPS) is 25.1. The highest BCUT2D eigenvalue weighted by atomic mass is 32.1. The van der Waals surface area contributed by atoms with Gasteiger partial charge >= 0.3 is 5.97 Å². The Hall–Kier alpha value is -2.18. The van der Waals surface area contributed by atoms with Gasteiger partial charge in [-0.3, -0.25) is 9.59 Å². The molecule has 2 aliphatic heterocycles. The quantitative estimate of drug-likeness (QED) is 0.670. The number of carbonyl (C=O) groups excluding carboxylic acids is 2. The number of aryl methyl sites for hydroxylation is 1. The van der Waals surface area contributed by atoms with E-state index in [9.17, 15) is 9.59 Å². The zero-order valence-corrected chi connectivity index (χ0v) is 17.5. The van der Waals surface area contributed by atoms with E-state index in [4.69, 9.17) is 9.47 Å². The van der Waals surface area contributed by atoms with Crippen molar-refractivity contribution in [2.24, 2.45) is 5.92 Å². The van der Waals surface area contributed by atoms with Gasteiger partial charge in [-0.05, 0) is 56.2 Å². The zero-order valence-electron chi connectivity index (χ0n) is 16.7. The van der Waals surface area contributed by atoms with Gasteiger partial charge in [-0.25, -0.2) is 0 Å². The molecule has 154 valence electrons. The number of nitrogens with zero attached hydrogens (tertiary/aromatic N) is 1. The first-order valence-corrected chi connectivity index (χ1v) is 11.2. The summed E-state index contributed by atoms with van der Waals surface area (Å²) < 4.78 is 11.4. The lowest BCUT2D eigenvalue weighted by Gasteiger charge is -2.39. The van der Waals surface area contributed by atoms with Crippen molar-refractivity contribution in [3.8, 4) is 0 Å². The second-order valence-electron chi connectivity index (χ2n) is 7.82. The average Bonchev–Trinajstić information content (AvgIpc) is 3.28. The molecule has 1 aromatic carbocycles. The number of rotatable bonds is 5. The fraction of sp³-hybridized carbons (Fsp3) is 0.478. The molecule has 0 spiro atoms. The minimum atomic E-state index is -0.378. The molecule has 5 nitrogen and oxygen atoms in total. The molecule has 2 fully saturated rings. The van der Waals surface area contributed by atoms with Crippen LogP contribution >= 0.6 is 11.3 Å². The number of amides is 1. The van der Waals surface area contributed by atoms with Crippen molar-refractivity contribution in [1.82, 2.24) is 0 Å². The predicted octanol–water partition coefficient (Wildman–Crippen LogP) is 4.65. The Labute approximate surface area is 175 Å². The van der Waals surface area contributed by atoms with Gasteiger partial charge in [-0.2, -0.15) is 0 Å². The van der Waals surface area contributed by atoms with Crippen LogP contribution in [0.25, 0.3) is 0 Å². The van der Waals surface area contributed by atoms with Gasteiger partial charge in [0.1, 0.15) is 6.61 Å². The third-order valence-corrected chi connectivity index (χ3v) is 6.68. The minimum Gasteiger partial charge on any atom is -0.463 e. The van der Waals surface area contributed by atoms with E-state index in [-0.39, 0.29) is 29.9 Å². The van der Waals surface area contributed by atoms with Gasteiger partial charge in [0.05, 0.1) is 18.1 Å². The largest absolute Gasteiger partial charge is 0.463 e. The van der Waals surface area contributed by atoms with E-state index in [1.165, 1.54) is 0 Å². The smallest absolute Gasteiger partial charge is 0.311 e. The second kappa shape index (κ2) is 9.09. The molecule has 29 heavy (non-hydrogen) atoms. The monoisotopic (exact) mass is 413 g/mol. The number of carbonyl (C=O) groups is 2. The first kappa shape index (κ1) is 20.1. The number of hydrogen-bond donors (Lipinski definition) is 0. The van der Waals surface area contributed by atoms with Crippen molar-refractivity contribution in [2.45, 2.75) is 51.2 Å². The van der Waals surface area contributed by atoms with Crippen LogP contribution in [-0.2, 0) is 19.1 Å². The van der Waals surface area contributed by atoms with Gasteiger partial charge < -0.3 is 14.4 Å². The molecular formula is C23H27NO4S. The third-order valence-electron chi connectivity index (χ3n) is 5.73. The molecule has 2 aromatic rings. The number of anilines is 1. The maximum atomic E-state index is 13.1. The Bertz CT molecular complexity index is 827. The minimum absolute atomic E-state index is 0.00804. The van der Waals surface area contributed by atoms with Crippen LogP contribution in [0.15, 0.2) is 41.8 Å². The van der Waals surface area contributed by atoms with E-state index in [1.807, 2.05) is 48.7 Å². The van der Waals surface area contributed by atoms with E-state index >= 15 is 0 Å². The highest BCUT2D eigenvalue weighted by molar-refractivity contribution is 7.10. The van der Waals surface area contributed by atoms with E-state index in [0.717, 1.165) is 42.0 Å². The summed E-state index contributed by atoms with van der Waals surface area (Å²) in [6.45, 7) is 3.05. The second-order valence-corrected chi connectivity index (χ2v) is 8.80. The third kappa shape index (κ3) is 4.54. The summed E-state index contributed by atoms with van der Waals surface area (Å²) in [6.07, 6.45) is 3.95. The molecule has 0 saturated carbocycles. The van der Waals surface area contributed by atoms with Gasteiger partial charge in [-0.1, -0.05) is 23.8 Å². The Balaban J connectivity index is 1.57. The summed E-state index contributed by atoms with van der Waals surface area (Å²) >= 11 is 1.57. The summed E-state index contributed by atoms with van der Waals surface area (Å²) in [5.74, 6) is -0.564. The van der Waals surface area contributed by atoms with Gasteiger partial charge in [0.15, 0.2) is 0 Å². The molecule has 3 heterocycles. The Morgan fingerprint density at radius 3 is 2.72 bits per heavy atom. The zero-order chi connectivity index (χ0) is 20.2. The summed E-state index contributed by atoms with van der Waals surface area (Å²) in [7, 11) is 0. The van der Waals surface area contributed by atoms with Crippen LogP contribution in [0.5, 0.6) is 0 Å². The van der Waals surface area contributed by atoms with Crippen molar-refractivity contribution < 1.29 is 19.1 Å². The number of esters is 1. The molecule has 3 atom stereocenters. The van der Waals surface area contributed by atoms with Crippen molar-refractivity contribution >= 4 is 28.9 Å². The Morgan fingerprint density at radius 1 is 1.21 bits per heavy atom. The molecule has 4 rings (SSSR count). The number of benzene rings is 1. The summed E-state index contributed by atoms with van der Waals surface area (Å²) in [6, 6.07) is 11.5. The van der Waals surface area contributed by atoms with Crippen molar-refractivity contribution in [3.05, 3.63) is 52.2 Å². The number of ether oxygens (including phenoxy) is 2. The van der Waals surface area contributed by atoms with Crippen LogP contribution in [0.1, 0.15) is 48.6 Å². The molecule has 6 heteroatoms. The molecule has 0 unspecified atom stereocenters.